The van der Waals surface area contributed by atoms with E-state index in [1.165, 1.54) is 0 Å². The van der Waals surface area contributed by atoms with Gasteiger partial charge < -0.3 is 10.1 Å². The number of anilines is 1. The van der Waals surface area contributed by atoms with Crippen LogP contribution in [-0.2, 0) is 9.53 Å². The van der Waals surface area contributed by atoms with Gasteiger partial charge in [-0.3, -0.25) is 4.79 Å². The van der Waals surface area contributed by atoms with Gasteiger partial charge in [0.25, 0.3) is 0 Å². The van der Waals surface area contributed by atoms with Crippen LogP contribution in [0.25, 0.3) is 0 Å². The Balaban J connectivity index is 2.45. The summed E-state index contributed by atoms with van der Waals surface area (Å²) in [5.41, 5.74) is 1.47. The molecule has 0 aliphatic heterocycles. The van der Waals surface area contributed by atoms with E-state index in [4.69, 9.17) is 16.3 Å². The number of carbonyl (C=O) groups is 1. The van der Waals surface area contributed by atoms with Gasteiger partial charge in [-0.25, -0.2) is 4.98 Å². The number of nitrogens with one attached hydrogen (secondary N) is 1. The van der Waals surface area contributed by atoms with E-state index in [9.17, 15) is 4.79 Å². The van der Waals surface area contributed by atoms with E-state index in [2.05, 4.69) is 10.3 Å². The number of pyridine rings is 1. The zero-order valence-electron chi connectivity index (χ0n) is 10.1. The largest absolute Gasteiger partial charge is 0.381 e. The highest BCUT2D eigenvalue weighted by Gasteiger charge is 2.08. The van der Waals surface area contributed by atoms with Crippen molar-refractivity contribution in [1.82, 2.24) is 4.98 Å². The predicted molar refractivity (Wildman–Crippen MR) is 68.3 cm³/mol. The number of aryl methyl sites for hydroxylation is 1. The maximum absolute atomic E-state index is 11.6. The number of halogens is 1. The number of rotatable bonds is 6. The van der Waals surface area contributed by atoms with Crippen LogP contribution in [0.15, 0.2) is 12.3 Å². The fourth-order valence-electron chi connectivity index (χ4n) is 1.29. The van der Waals surface area contributed by atoms with Gasteiger partial charge in [-0.15, -0.1) is 0 Å². The summed E-state index contributed by atoms with van der Waals surface area (Å²) in [4.78, 5) is 15.5. The smallest absolute Gasteiger partial charge is 0.226 e. The van der Waals surface area contributed by atoms with E-state index >= 15 is 0 Å². The lowest BCUT2D eigenvalue weighted by Crippen LogP contribution is -2.15. The highest BCUT2D eigenvalue weighted by atomic mass is 35.5. The first-order valence-electron chi connectivity index (χ1n) is 5.63. The van der Waals surface area contributed by atoms with Crippen molar-refractivity contribution in [3.05, 3.63) is 23.0 Å². The molecule has 5 heteroatoms. The minimum Gasteiger partial charge on any atom is -0.381 e. The zero-order chi connectivity index (χ0) is 12.7. The van der Waals surface area contributed by atoms with Crippen LogP contribution in [0, 0.1) is 6.92 Å². The van der Waals surface area contributed by atoms with Crippen molar-refractivity contribution in [3.8, 4) is 0 Å². The third-order valence-electron chi connectivity index (χ3n) is 2.20. The first kappa shape index (κ1) is 13.9. The minimum absolute atomic E-state index is 0.112. The quantitative estimate of drug-likeness (QED) is 0.629. The molecule has 17 heavy (non-hydrogen) atoms. The Kier molecular flexibility index (Phi) is 5.94. The van der Waals surface area contributed by atoms with Crippen molar-refractivity contribution in [2.75, 3.05) is 18.5 Å². The lowest BCUT2D eigenvalue weighted by atomic mass is 10.2. The van der Waals surface area contributed by atoms with Gasteiger partial charge >= 0.3 is 0 Å². The van der Waals surface area contributed by atoms with E-state index < -0.39 is 0 Å². The van der Waals surface area contributed by atoms with Gasteiger partial charge in [0.05, 0.1) is 18.7 Å². The van der Waals surface area contributed by atoms with Gasteiger partial charge in [0, 0.05) is 12.8 Å². The summed E-state index contributed by atoms with van der Waals surface area (Å²) in [6.07, 6.45) is 2.89. The van der Waals surface area contributed by atoms with E-state index in [0.29, 0.717) is 30.5 Å². The molecule has 0 bridgehead atoms. The van der Waals surface area contributed by atoms with Crippen molar-refractivity contribution in [2.45, 2.75) is 26.7 Å². The second kappa shape index (κ2) is 7.25. The van der Waals surface area contributed by atoms with Crippen molar-refractivity contribution in [1.29, 1.82) is 0 Å². The van der Waals surface area contributed by atoms with Gasteiger partial charge in [0.1, 0.15) is 0 Å². The van der Waals surface area contributed by atoms with E-state index in [1.807, 2.05) is 13.8 Å². The Morgan fingerprint density at radius 3 is 2.94 bits per heavy atom. The Bertz CT molecular complexity index is 363. The number of nitrogens with zero attached hydrogens (tertiary/aromatic N) is 1. The average molecular weight is 257 g/mol. The molecule has 0 saturated carbocycles. The molecule has 0 fully saturated rings. The van der Waals surface area contributed by atoms with Crippen LogP contribution in [0.3, 0.4) is 0 Å². The number of hydrogen-bond acceptors (Lipinski definition) is 3. The second-order valence-electron chi connectivity index (χ2n) is 3.70. The summed E-state index contributed by atoms with van der Waals surface area (Å²) in [6, 6.07) is 1.80. The molecule has 0 unspecified atom stereocenters. The molecule has 4 nitrogen and oxygen atoms in total. The second-order valence-corrected chi connectivity index (χ2v) is 4.06. The molecule has 1 heterocycles. The first-order valence-corrected chi connectivity index (χ1v) is 6.01. The SMILES string of the molecule is CCCOCCC(=O)Nc1c(C)ccnc1Cl. The first-order chi connectivity index (χ1) is 8.15. The molecule has 0 saturated heterocycles. The van der Waals surface area contributed by atoms with Crippen LogP contribution in [0.5, 0.6) is 0 Å². The maximum atomic E-state index is 11.6. The number of aromatic nitrogens is 1. The molecule has 0 spiro atoms. The Labute approximate surface area is 106 Å². The van der Waals surface area contributed by atoms with Crippen molar-refractivity contribution in [2.24, 2.45) is 0 Å². The lowest BCUT2D eigenvalue weighted by Gasteiger charge is -2.09. The molecule has 0 radical (unpaired) electrons. The van der Waals surface area contributed by atoms with Crippen molar-refractivity contribution < 1.29 is 9.53 Å². The fraction of sp³-hybridized carbons (Fsp3) is 0.500. The number of carbonyl (C=O) groups excluding carboxylic acids is 1. The van der Waals surface area contributed by atoms with Crippen LogP contribution in [-0.4, -0.2) is 24.1 Å². The molecule has 0 aromatic carbocycles. The summed E-state index contributed by atoms with van der Waals surface area (Å²) in [5.74, 6) is -0.112. The summed E-state index contributed by atoms with van der Waals surface area (Å²) in [5, 5.41) is 3.05. The molecule has 0 aliphatic rings. The Hall–Kier alpha value is -1.13. The molecule has 1 rings (SSSR count). The van der Waals surface area contributed by atoms with Crippen molar-refractivity contribution >= 4 is 23.2 Å². The lowest BCUT2D eigenvalue weighted by molar-refractivity contribution is -0.117. The molecule has 0 aliphatic carbocycles. The standard InChI is InChI=1S/C12H17ClN2O2/c1-3-7-17-8-5-10(16)15-11-9(2)4-6-14-12(11)13/h4,6H,3,5,7-8H2,1-2H3,(H,15,16). The summed E-state index contributed by atoms with van der Waals surface area (Å²) in [7, 11) is 0. The number of ether oxygens (including phenoxy) is 1. The van der Waals surface area contributed by atoms with Crippen LogP contribution >= 0.6 is 11.6 Å². The summed E-state index contributed by atoms with van der Waals surface area (Å²) < 4.78 is 5.24. The third kappa shape index (κ3) is 4.71. The molecular formula is C12H17ClN2O2. The molecule has 1 N–H and O–H groups in total. The highest BCUT2D eigenvalue weighted by molar-refractivity contribution is 6.32. The van der Waals surface area contributed by atoms with E-state index in [0.717, 1.165) is 12.0 Å². The van der Waals surface area contributed by atoms with E-state index in [1.54, 1.807) is 12.3 Å². The van der Waals surface area contributed by atoms with Crippen LogP contribution in [0.2, 0.25) is 5.15 Å². The van der Waals surface area contributed by atoms with Crippen molar-refractivity contribution in [3.63, 3.8) is 0 Å². The monoisotopic (exact) mass is 256 g/mol. The Morgan fingerprint density at radius 1 is 1.53 bits per heavy atom. The average Bonchev–Trinajstić information content (AvgIpc) is 2.30. The normalized spacial score (nSPS) is 10.3. The van der Waals surface area contributed by atoms with Gasteiger partial charge in [-0.05, 0) is 25.0 Å². The molecule has 0 atom stereocenters. The minimum atomic E-state index is -0.112. The molecule has 1 amide bonds. The predicted octanol–water partition coefficient (Wildman–Crippen LogP) is 2.80. The van der Waals surface area contributed by atoms with Gasteiger partial charge in [-0.2, -0.15) is 0 Å². The van der Waals surface area contributed by atoms with Gasteiger partial charge in [-0.1, -0.05) is 18.5 Å². The number of amides is 1. The molecular weight excluding hydrogens is 240 g/mol. The van der Waals surface area contributed by atoms with Crippen LogP contribution in [0.1, 0.15) is 25.3 Å². The zero-order valence-corrected chi connectivity index (χ0v) is 10.9. The topological polar surface area (TPSA) is 51.2 Å². The third-order valence-corrected chi connectivity index (χ3v) is 2.49. The van der Waals surface area contributed by atoms with Gasteiger partial charge in [0.2, 0.25) is 5.91 Å². The fourth-order valence-corrected chi connectivity index (χ4v) is 1.54. The summed E-state index contributed by atoms with van der Waals surface area (Å²) >= 11 is 5.90. The van der Waals surface area contributed by atoms with Crippen LogP contribution < -0.4 is 5.32 Å². The molecule has 1 aromatic heterocycles. The van der Waals surface area contributed by atoms with Gasteiger partial charge in [0.15, 0.2) is 5.15 Å². The maximum Gasteiger partial charge on any atom is 0.226 e. The van der Waals surface area contributed by atoms with E-state index in [-0.39, 0.29) is 5.91 Å². The number of hydrogen-bond donors (Lipinski definition) is 1. The summed E-state index contributed by atoms with van der Waals surface area (Å²) in [6.45, 7) is 5.01. The molecule has 1 aromatic rings. The molecule has 94 valence electrons. The van der Waals surface area contributed by atoms with Crippen LogP contribution in [0.4, 0.5) is 5.69 Å². The highest BCUT2D eigenvalue weighted by Crippen LogP contribution is 2.22. The Morgan fingerprint density at radius 2 is 2.29 bits per heavy atom.